The van der Waals surface area contributed by atoms with Crippen molar-refractivity contribution in [1.82, 2.24) is 9.88 Å². The highest BCUT2D eigenvalue weighted by molar-refractivity contribution is 6.01. The second-order valence-corrected chi connectivity index (χ2v) is 13.0. The highest BCUT2D eigenvalue weighted by Gasteiger charge is 2.56. The summed E-state index contributed by atoms with van der Waals surface area (Å²) in [5.41, 5.74) is 3.76. The van der Waals surface area contributed by atoms with Crippen molar-refractivity contribution in [2.75, 3.05) is 14.2 Å². The van der Waals surface area contributed by atoms with E-state index >= 15 is 0 Å². The van der Waals surface area contributed by atoms with Gasteiger partial charge < -0.3 is 19.5 Å². The number of carbonyl (C=O) groups is 3. The first-order chi connectivity index (χ1) is 19.4. The van der Waals surface area contributed by atoms with Crippen LogP contribution in [0.5, 0.6) is 5.75 Å². The van der Waals surface area contributed by atoms with Crippen LogP contribution in [0, 0.1) is 31.1 Å². The normalized spacial score (nSPS) is 27.2. The van der Waals surface area contributed by atoms with Crippen LogP contribution in [-0.4, -0.2) is 59.0 Å². The monoisotopic (exact) mass is 558 g/mol. The number of fused-ring (bicyclic) bond motifs is 1. The number of rotatable bonds is 5. The van der Waals surface area contributed by atoms with E-state index in [4.69, 9.17) is 9.47 Å². The highest BCUT2D eigenvalue weighted by Crippen LogP contribution is 2.55. The Morgan fingerprint density at radius 3 is 2.51 bits per heavy atom. The number of carboxylic acid groups (broad SMARTS) is 1. The zero-order valence-electron chi connectivity index (χ0n) is 24.6. The largest absolute Gasteiger partial charge is 0.496 e. The number of Topliss-reactive ketones (excluding diaryl/α,β-unsaturated/α-hetero) is 1. The lowest BCUT2D eigenvalue weighted by Gasteiger charge is -2.50. The standard InChI is InChI=1S/C33H38N2O6/c1-16-7-11-20(34-30(16)32(38)39)19-10-12-23(40-6)26(17(19)2)29-27-22(36)14-33(3,4)15-25(27)41-24-13-21(18-8-9-18)35(5)31(37)28(24)29/h7,10-12,18,21,24,28-29H,8-9,13-15H2,1-6H3,(H,38,39)/t21-,24-,28-,29-/m0/s1. The van der Waals surface area contributed by atoms with Crippen molar-refractivity contribution < 1.29 is 29.0 Å². The number of carbonyl (C=O) groups excluding carboxylic acids is 2. The molecule has 2 aromatic rings. The Morgan fingerprint density at radius 2 is 1.85 bits per heavy atom. The molecule has 4 aliphatic rings. The molecule has 1 saturated heterocycles. The van der Waals surface area contributed by atoms with Crippen LogP contribution in [0.15, 0.2) is 35.6 Å². The molecule has 1 saturated carbocycles. The maximum Gasteiger partial charge on any atom is 0.354 e. The van der Waals surface area contributed by atoms with Crippen LogP contribution in [0.1, 0.15) is 79.0 Å². The minimum absolute atomic E-state index is 0.000754. The van der Waals surface area contributed by atoms with E-state index in [0.29, 0.717) is 47.1 Å². The lowest BCUT2D eigenvalue weighted by atomic mass is 9.64. The van der Waals surface area contributed by atoms with Crippen LogP contribution < -0.4 is 4.74 Å². The van der Waals surface area contributed by atoms with Gasteiger partial charge in [-0.25, -0.2) is 9.78 Å². The number of carboxylic acids is 1. The van der Waals surface area contributed by atoms with Crippen molar-refractivity contribution in [2.45, 2.75) is 77.9 Å². The average Bonchev–Trinajstić information content (AvgIpc) is 3.74. The van der Waals surface area contributed by atoms with Crippen LogP contribution in [0.4, 0.5) is 0 Å². The van der Waals surface area contributed by atoms with Gasteiger partial charge in [0.1, 0.15) is 17.6 Å². The number of aromatic nitrogens is 1. The Kier molecular flexibility index (Phi) is 6.51. The predicted molar refractivity (Wildman–Crippen MR) is 153 cm³/mol. The van der Waals surface area contributed by atoms with Gasteiger partial charge in [0.2, 0.25) is 5.91 Å². The summed E-state index contributed by atoms with van der Waals surface area (Å²) in [5, 5.41) is 9.71. The van der Waals surface area contributed by atoms with Crippen LogP contribution in [0.3, 0.4) is 0 Å². The molecule has 1 aromatic carbocycles. The van der Waals surface area contributed by atoms with Gasteiger partial charge in [0.05, 0.1) is 18.7 Å². The molecule has 41 heavy (non-hydrogen) atoms. The average molecular weight is 559 g/mol. The summed E-state index contributed by atoms with van der Waals surface area (Å²) in [6, 6.07) is 7.42. The predicted octanol–water partition coefficient (Wildman–Crippen LogP) is 5.45. The molecule has 0 bridgehead atoms. The van der Waals surface area contributed by atoms with E-state index in [2.05, 4.69) is 18.8 Å². The van der Waals surface area contributed by atoms with Crippen LogP contribution in [0.2, 0.25) is 0 Å². The fourth-order valence-corrected chi connectivity index (χ4v) is 7.43. The maximum atomic E-state index is 14.2. The molecule has 2 aliphatic carbocycles. The summed E-state index contributed by atoms with van der Waals surface area (Å²) < 4.78 is 12.6. The van der Waals surface area contributed by atoms with E-state index in [1.54, 1.807) is 20.1 Å². The van der Waals surface area contributed by atoms with Gasteiger partial charge in [-0.1, -0.05) is 19.9 Å². The van der Waals surface area contributed by atoms with Crippen LogP contribution in [0.25, 0.3) is 11.3 Å². The lowest BCUT2D eigenvalue weighted by molar-refractivity contribution is -0.153. The Morgan fingerprint density at radius 1 is 1.12 bits per heavy atom. The number of aryl methyl sites for hydroxylation is 1. The molecule has 8 heteroatoms. The number of allylic oxidation sites excluding steroid dienone is 2. The third-order valence-corrected chi connectivity index (χ3v) is 9.59. The molecular formula is C33H38N2O6. The van der Waals surface area contributed by atoms with E-state index in [1.807, 2.05) is 37.1 Å². The van der Waals surface area contributed by atoms with Gasteiger partial charge in [-0.15, -0.1) is 0 Å². The molecule has 0 radical (unpaired) electrons. The number of nitrogens with zero attached hydrogens (tertiary/aromatic N) is 2. The topological polar surface area (TPSA) is 106 Å². The zero-order valence-corrected chi connectivity index (χ0v) is 24.6. The number of hydrogen-bond acceptors (Lipinski definition) is 6. The van der Waals surface area contributed by atoms with Gasteiger partial charge in [0.25, 0.3) is 0 Å². The number of piperidine rings is 1. The fourth-order valence-electron chi connectivity index (χ4n) is 7.43. The molecule has 2 aliphatic heterocycles. The lowest BCUT2D eigenvalue weighted by Crippen LogP contribution is -2.57. The van der Waals surface area contributed by atoms with E-state index < -0.39 is 17.8 Å². The van der Waals surface area contributed by atoms with Crippen molar-refractivity contribution in [3.63, 3.8) is 0 Å². The smallest absolute Gasteiger partial charge is 0.354 e. The Labute approximate surface area is 240 Å². The van der Waals surface area contributed by atoms with E-state index in [9.17, 15) is 19.5 Å². The molecule has 1 amide bonds. The molecule has 8 nitrogen and oxygen atoms in total. The van der Waals surface area contributed by atoms with Crippen molar-refractivity contribution >= 4 is 17.7 Å². The second kappa shape index (κ2) is 9.71. The van der Waals surface area contributed by atoms with E-state index in [0.717, 1.165) is 36.0 Å². The molecule has 1 aromatic heterocycles. The zero-order chi connectivity index (χ0) is 29.4. The molecule has 1 N–H and O–H groups in total. The fraction of sp³-hybridized carbons (Fsp3) is 0.515. The third-order valence-electron chi connectivity index (χ3n) is 9.59. The Bertz CT molecular complexity index is 1500. The van der Waals surface area contributed by atoms with Gasteiger partial charge >= 0.3 is 5.97 Å². The number of benzene rings is 1. The summed E-state index contributed by atoms with van der Waals surface area (Å²) in [6.45, 7) is 7.84. The van der Waals surface area contributed by atoms with E-state index in [-0.39, 0.29) is 34.9 Å². The molecule has 216 valence electrons. The quantitative estimate of drug-likeness (QED) is 0.520. The van der Waals surface area contributed by atoms with Gasteiger partial charge in [-0.2, -0.15) is 0 Å². The van der Waals surface area contributed by atoms with Gasteiger partial charge in [-0.05, 0) is 67.3 Å². The number of likely N-dealkylation sites (tertiary alicyclic amines) is 1. The number of methoxy groups -OCH3 is 1. The first-order valence-electron chi connectivity index (χ1n) is 14.5. The minimum Gasteiger partial charge on any atom is -0.496 e. The number of ketones is 1. The summed E-state index contributed by atoms with van der Waals surface area (Å²) in [4.78, 5) is 46.4. The van der Waals surface area contributed by atoms with E-state index in [1.165, 1.54) is 0 Å². The summed E-state index contributed by atoms with van der Waals surface area (Å²) >= 11 is 0. The number of hydrogen-bond donors (Lipinski definition) is 1. The molecule has 6 rings (SSSR count). The van der Waals surface area contributed by atoms with Crippen molar-refractivity contribution in [2.24, 2.45) is 17.3 Å². The molecule has 0 unspecified atom stereocenters. The number of amides is 1. The summed E-state index contributed by atoms with van der Waals surface area (Å²) in [7, 11) is 3.49. The SMILES string of the molecule is COc1ccc(-c2ccc(C)c(C(=O)O)n2)c(C)c1[C@H]1C2=C(CC(C)(C)CC2=O)O[C@H]2C[C@@H](C3CC3)N(C)C(=O)[C@@H]21. The number of aromatic carboxylic acids is 1. The summed E-state index contributed by atoms with van der Waals surface area (Å²) in [6.07, 6.45) is 3.66. The molecular weight excluding hydrogens is 520 g/mol. The maximum absolute atomic E-state index is 14.2. The number of ether oxygens (including phenoxy) is 2. The second-order valence-electron chi connectivity index (χ2n) is 13.0. The van der Waals surface area contributed by atoms with Crippen molar-refractivity contribution in [3.8, 4) is 17.0 Å². The van der Waals surface area contributed by atoms with Crippen LogP contribution >= 0.6 is 0 Å². The molecule has 4 atom stereocenters. The first kappa shape index (κ1) is 27.5. The third kappa shape index (κ3) is 4.52. The van der Waals surface area contributed by atoms with Gasteiger partial charge in [0, 0.05) is 55.0 Å². The minimum atomic E-state index is -1.09. The Hall–Kier alpha value is -3.68. The van der Waals surface area contributed by atoms with Crippen molar-refractivity contribution in [1.29, 1.82) is 0 Å². The van der Waals surface area contributed by atoms with Gasteiger partial charge in [0.15, 0.2) is 11.5 Å². The Balaban J connectivity index is 1.56. The highest BCUT2D eigenvalue weighted by atomic mass is 16.5. The molecule has 2 fully saturated rings. The van der Waals surface area contributed by atoms with Gasteiger partial charge in [-0.3, -0.25) is 9.59 Å². The molecule has 3 heterocycles. The first-order valence-corrected chi connectivity index (χ1v) is 14.5. The molecule has 0 spiro atoms. The van der Waals surface area contributed by atoms with Crippen LogP contribution in [-0.2, 0) is 14.3 Å². The summed E-state index contributed by atoms with van der Waals surface area (Å²) in [5.74, 6) is -0.390. The van der Waals surface area contributed by atoms with Crippen molar-refractivity contribution in [3.05, 3.63) is 58.0 Å². The number of pyridine rings is 1.